The first-order valence-corrected chi connectivity index (χ1v) is 12.4. The van der Waals surface area contributed by atoms with E-state index in [1.165, 1.54) is 18.2 Å². The predicted octanol–water partition coefficient (Wildman–Crippen LogP) is 6.07. The second kappa shape index (κ2) is 11.0. The first-order valence-electron chi connectivity index (χ1n) is 12.0. The number of halogens is 3. The summed E-state index contributed by atoms with van der Waals surface area (Å²) in [5, 5.41) is 13.2. The van der Waals surface area contributed by atoms with Gasteiger partial charge in [0.1, 0.15) is 28.8 Å². The van der Waals surface area contributed by atoms with E-state index in [1.54, 1.807) is 48.7 Å². The van der Waals surface area contributed by atoms with Crippen LogP contribution in [0.1, 0.15) is 16.7 Å². The van der Waals surface area contributed by atoms with E-state index in [4.69, 9.17) is 17.3 Å². The Kier molecular flexibility index (Phi) is 7.31. The molecule has 0 aliphatic rings. The quantitative estimate of drug-likeness (QED) is 0.181. The number of primary amides is 1. The summed E-state index contributed by atoms with van der Waals surface area (Å²) in [5.41, 5.74) is 8.64. The van der Waals surface area contributed by atoms with Crippen LogP contribution in [0.2, 0.25) is 5.02 Å². The molecule has 5 aromatic rings. The average Bonchev–Trinajstić information content (AvgIpc) is 3.32. The summed E-state index contributed by atoms with van der Waals surface area (Å²) in [6, 6.07) is 17.6. The Morgan fingerprint density at radius 2 is 1.80 bits per heavy atom. The molecule has 10 heteroatoms. The number of aromatic amines is 1. The van der Waals surface area contributed by atoms with Crippen LogP contribution >= 0.6 is 11.6 Å². The Morgan fingerprint density at radius 3 is 2.52 bits per heavy atom. The van der Waals surface area contributed by atoms with Crippen molar-refractivity contribution in [1.29, 1.82) is 0 Å². The Labute approximate surface area is 231 Å². The summed E-state index contributed by atoms with van der Waals surface area (Å²) in [4.78, 5) is 32.2. The largest absolute Gasteiger partial charge is 0.506 e. The van der Waals surface area contributed by atoms with Gasteiger partial charge in [-0.05, 0) is 65.2 Å². The van der Waals surface area contributed by atoms with E-state index in [-0.39, 0.29) is 34.2 Å². The first-order chi connectivity index (χ1) is 19.2. The van der Waals surface area contributed by atoms with Crippen molar-refractivity contribution in [2.24, 2.45) is 5.73 Å². The second-order valence-corrected chi connectivity index (χ2v) is 9.38. The topological polar surface area (TPSA) is 121 Å². The minimum atomic E-state index is -0.679. The molecule has 0 saturated heterocycles. The Bertz CT molecular complexity index is 1800. The monoisotopic (exact) mass is 558 g/mol. The van der Waals surface area contributed by atoms with Crippen LogP contribution in [0.4, 0.5) is 14.6 Å². The number of phenolic OH excluding ortho intramolecular Hbond substituents is 1. The molecule has 0 unspecified atom stereocenters. The fourth-order valence-electron chi connectivity index (χ4n) is 4.23. The number of hydrogen-bond donors (Lipinski definition) is 4. The molecule has 0 spiro atoms. The average molecular weight is 559 g/mol. The van der Waals surface area contributed by atoms with E-state index in [0.29, 0.717) is 39.1 Å². The molecule has 0 atom stereocenters. The summed E-state index contributed by atoms with van der Waals surface area (Å²) >= 11 is 5.99. The smallest absolute Gasteiger partial charge is 0.249 e. The zero-order valence-corrected chi connectivity index (χ0v) is 21.5. The number of amides is 2. The zero-order valence-electron chi connectivity index (χ0n) is 20.7. The predicted molar refractivity (Wildman–Crippen MR) is 150 cm³/mol. The highest BCUT2D eigenvalue weighted by molar-refractivity contribution is 6.33. The van der Waals surface area contributed by atoms with Gasteiger partial charge < -0.3 is 21.1 Å². The number of benzene rings is 3. The number of nitrogens with two attached hydrogens (primary N) is 1. The van der Waals surface area contributed by atoms with Crippen LogP contribution in [0.25, 0.3) is 33.8 Å². The molecule has 2 heterocycles. The maximum absolute atomic E-state index is 14.0. The van der Waals surface area contributed by atoms with Crippen molar-refractivity contribution in [3.8, 4) is 16.9 Å². The molecule has 0 saturated carbocycles. The summed E-state index contributed by atoms with van der Waals surface area (Å²) in [6.07, 6.45) is 3.28. The number of phenols is 1. The molecule has 7 nitrogen and oxygen atoms in total. The number of nitrogens with one attached hydrogen (secondary N) is 2. The van der Waals surface area contributed by atoms with Crippen molar-refractivity contribution < 1.29 is 23.5 Å². The van der Waals surface area contributed by atoms with Crippen LogP contribution in [0.5, 0.6) is 5.75 Å². The molecule has 200 valence electrons. The molecule has 0 radical (unpaired) electrons. The van der Waals surface area contributed by atoms with Gasteiger partial charge in [-0.1, -0.05) is 41.9 Å². The molecule has 0 aliphatic heterocycles. The summed E-state index contributed by atoms with van der Waals surface area (Å²) in [7, 11) is 0. The number of H-pyrrole nitrogens is 1. The van der Waals surface area contributed by atoms with Crippen LogP contribution < -0.4 is 11.1 Å². The number of anilines is 1. The number of carbonyl (C=O) groups excluding carboxylic acids is 2. The van der Waals surface area contributed by atoms with Crippen molar-refractivity contribution in [2.45, 2.75) is 6.42 Å². The van der Waals surface area contributed by atoms with Gasteiger partial charge in [-0.2, -0.15) is 0 Å². The molecule has 5 rings (SSSR count). The third-order valence-corrected chi connectivity index (χ3v) is 6.52. The number of pyridine rings is 1. The van der Waals surface area contributed by atoms with Crippen molar-refractivity contribution in [1.82, 2.24) is 9.97 Å². The van der Waals surface area contributed by atoms with Gasteiger partial charge in [0, 0.05) is 28.3 Å². The van der Waals surface area contributed by atoms with Crippen molar-refractivity contribution in [3.63, 3.8) is 0 Å². The Morgan fingerprint density at radius 1 is 1.02 bits per heavy atom. The van der Waals surface area contributed by atoms with E-state index >= 15 is 0 Å². The van der Waals surface area contributed by atoms with Crippen LogP contribution in [-0.2, 0) is 16.0 Å². The van der Waals surface area contributed by atoms with E-state index in [2.05, 4.69) is 15.3 Å². The number of rotatable bonds is 7. The summed E-state index contributed by atoms with van der Waals surface area (Å²) in [5.74, 6) is -1.87. The minimum absolute atomic E-state index is 0.0432. The number of aromatic nitrogens is 2. The maximum Gasteiger partial charge on any atom is 0.249 e. The van der Waals surface area contributed by atoms with Crippen molar-refractivity contribution >= 4 is 51.9 Å². The third-order valence-electron chi connectivity index (χ3n) is 6.22. The van der Waals surface area contributed by atoms with Gasteiger partial charge in [-0.25, -0.2) is 13.8 Å². The number of fused-ring (bicyclic) bond motifs is 1. The number of carbonyl (C=O) groups is 2. The Balaban J connectivity index is 1.31. The second-order valence-electron chi connectivity index (χ2n) is 8.97. The van der Waals surface area contributed by atoms with Crippen molar-refractivity contribution in [3.05, 3.63) is 112 Å². The fourth-order valence-corrected chi connectivity index (χ4v) is 4.42. The lowest BCUT2D eigenvalue weighted by atomic mass is 10.0. The lowest BCUT2D eigenvalue weighted by Crippen LogP contribution is -2.15. The third kappa shape index (κ3) is 5.69. The van der Waals surface area contributed by atoms with Gasteiger partial charge in [0.2, 0.25) is 11.8 Å². The molecule has 0 fully saturated rings. The summed E-state index contributed by atoms with van der Waals surface area (Å²) < 4.78 is 27.6. The highest BCUT2D eigenvalue weighted by Crippen LogP contribution is 2.30. The van der Waals surface area contributed by atoms with Gasteiger partial charge in [0.25, 0.3) is 0 Å². The normalized spacial score (nSPS) is 11.5. The maximum atomic E-state index is 14.0. The molecule has 0 aliphatic carbocycles. The minimum Gasteiger partial charge on any atom is -0.506 e. The molecule has 2 aromatic heterocycles. The molecule has 40 heavy (non-hydrogen) atoms. The lowest BCUT2D eigenvalue weighted by molar-refractivity contribution is -0.115. The van der Waals surface area contributed by atoms with E-state index < -0.39 is 17.5 Å². The fraction of sp³-hybridized carbons (Fsp3) is 0.0333. The zero-order chi connectivity index (χ0) is 28.4. The van der Waals surface area contributed by atoms with Gasteiger partial charge in [-0.3, -0.25) is 9.59 Å². The van der Waals surface area contributed by atoms with Gasteiger partial charge in [0.15, 0.2) is 0 Å². The number of aromatic hydroxyl groups is 1. The molecule has 0 bridgehead atoms. The molecule has 5 N–H and O–H groups in total. The summed E-state index contributed by atoms with van der Waals surface area (Å²) in [6.45, 7) is 0. The highest BCUT2D eigenvalue weighted by atomic mass is 35.5. The van der Waals surface area contributed by atoms with Crippen LogP contribution in [-0.4, -0.2) is 26.9 Å². The van der Waals surface area contributed by atoms with Gasteiger partial charge in [-0.15, -0.1) is 0 Å². The molecule has 3 aromatic carbocycles. The van der Waals surface area contributed by atoms with E-state index in [0.717, 1.165) is 18.2 Å². The first kappa shape index (κ1) is 26.6. The van der Waals surface area contributed by atoms with E-state index in [9.17, 15) is 23.5 Å². The van der Waals surface area contributed by atoms with Crippen LogP contribution in [0, 0.1) is 11.6 Å². The number of hydrogen-bond acceptors (Lipinski definition) is 4. The lowest BCUT2D eigenvalue weighted by Gasteiger charge is -2.07. The highest BCUT2D eigenvalue weighted by Gasteiger charge is 2.14. The SMILES string of the molecule is NC(=O)/C(=C\c1c[nH]c2nc(NC(=O)Cc3ccc(-c4cc(F)ccc4F)cc3)ccc12)c1ccc(O)c(Cl)c1. The Hall–Kier alpha value is -5.02. The number of nitrogens with zero attached hydrogens (tertiary/aromatic N) is 1. The molecular formula is C30H21ClF2N4O3. The van der Waals surface area contributed by atoms with E-state index in [1.807, 2.05) is 0 Å². The standard InChI is InChI=1S/C30H21ClF2N4O3/c31-24-13-18(5-9-26(24)38)23(29(34)40)12-19-15-35-30-21(19)7-10-27(37-30)36-28(39)11-16-1-3-17(4-2-16)22-14-20(32)6-8-25(22)33/h1-10,12-15,38H,11H2,(H2,34,40)(H2,35,36,37,39)/b23-12-. The van der Waals surface area contributed by atoms with Crippen molar-refractivity contribution in [2.75, 3.05) is 5.32 Å². The van der Waals surface area contributed by atoms with Crippen LogP contribution in [0.3, 0.4) is 0 Å². The molecule has 2 amide bonds. The van der Waals surface area contributed by atoms with Gasteiger partial charge in [0.05, 0.1) is 11.4 Å². The molecular weight excluding hydrogens is 538 g/mol. The van der Waals surface area contributed by atoms with Gasteiger partial charge >= 0.3 is 0 Å². The van der Waals surface area contributed by atoms with Crippen LogP contribution in [0.15, 0.2) is 79.0 Å².